The number of methoxy groups -OCH3 is 2. The largest absolute Gasteiger partial charge is 0.493 e. The van der Waals surface area contributed by atoms with E-state index in [1.54, 1.807) is 19.2 Å². The lowest BCUT2D eigenvalue weighted by Crippen LogP contribution is -2.50. The summed E-state index contributed by atoms with van der Waals surface area (Å²) in [5.41, 5.74) is 3.58. The van der Waals surface area contributed by atoms with Crippen LogP contribution in [0.25, 0.3) is 5.70 Å². The number of hydrogen-bond donors (Lipinski definition) is 1. The van der Waals surface area contributed by atoms with E-state index in [9.17, 15) is 4.79 Å². The molecule has 5 rings (SSSR count). The summed E-state index contributed by atoms with van der Waals surface area (Å²) in [6.45, 7) is 2.06. The highest BCUT2D eigenvalue weighted by atomic mass is 32.2. The minimum atomic E-state index is -0.587. The number of hydrogen-bond acceptors (Lipinski definition) is 7. The molecule has 0 spiro atoms. The fourth-order valence-electron chi connectivity index (χ4n) is 4.05. The van der Waals surface area contributed by atoms with E-state index in [2.05, 4.69) is 36.5 Å². The van der Waals surface area contributed by atoms with Crippen molar-refractivity contribution in [1.82, 2.24) is 10.3 Å². The summed E-state index contributed by atoms with van der Waals surface area (Å²) < 4.78 is 11.2. The number of benzene rings is 3. The van der Waals surface area contributed by atoms with Gasteiger partial charge in [-0.15, -0.1) is 5.10 Å². The summed E-state index contributed by atoms with van der Waals surface area (Å²) in [5.74, 6) is 1.63. The molecule has 1 atom stereocenters. The van der Waals surface area contributed by atoms with Gasteiger partial charge in [0.1, 0.15) is 5.70 Å². The highest BCUT2D eigenvalue weighted by Gasteiger charge is 2.36. The second-order valence-corrected chi connectivity index (χ2v) is 8.89. The van der Waals surface area contributed by atoms with Crippen LogP contribution in [0, 0.1) is 6.92 Å². The summed E-state index contributed by atoms with van der Waals surface area (Å²) in [4.78, 5) is 18.3. The van der Waals surface area contributed by atoms with Crippen molar-refractivity contribution in [1.29, 1.82) is 0 Å². The number of hydrazone groups is 1. The van der Waals surface area contributed by atoms with Crippen LogP contribution in [0.1, 0.15) is 22.9 Å². The van der Waals surface area contributed by atoms with Gasteiger partial charge in [0.15, 0.2) is 22.8 Å². The van der Waals surface area contributed by atoms with E-state index in [4.69, 9.17) is 19.6 Å². The third-order valence-electron chi connectivity index (χ3n) is 5.72. The van der Waals surface area contributed by atoms with Gasteiger partial charge >= 0.3 is 0 Å². The molecule has 0 unspecified atom stereocenters. The number of para-hydroxylation sites is 2. The first-order valence-electron chi connectivity index (χ1n) is 10.8. The highest BCUT2D eigenvalue weighted by molar-refractivity contribution is 8.13. The van der Waals surface area contributed by atoms with E-state index >= 15 is 0 Å². The van der Waals surface area contributed by atoms with Gasteiger partial charge < -0.3 is 9.47 Å². The van der Waals surface area contributed by atoms with Crippen molar-refractivity contribution in [3.63, 3.8) is 0 Å². The molecule has 2 aliphatic rings. The first kappa shape index (κ1) is 22.0. The molecule has 0 aromatic heterocycles. The summed E-state index contributed by atoms with van der Waals surface area (Å²) >= 11 is 1.48. The molecule has 0 bridgehead atoms. The predicted octanol–water partition coefficient (Wildman–Crippen LogP) is 3.09. The molecule has 172 valence electrons. The van der Waals surface area contributed by atoms with Crippen LogP contribution in [0.5, 0.6) is 11.5 Å². The van der Waals surface area contributed by atoms with Crippen molar-refractivity contribution in [2.75, 3.05) is 14.2 Å². The van der Waals surface area contributed by atoms with Crippen LogP contribution in [-0.2, 0) is 10.5 Å². The molecule has 0 saturated carbocycles. The number of fused-ring (bicyclic) bond motifs is 2. The van der Waals surface area contributed by atoms with E-state index < -0.39 is 6.17 Å². The van der Waals surface area contributed by atoms with Gasteiger partial charge in [-0.2, -0.15) is 0 Å². The Morgan fingerprint density at radius 2 is 1.79 bits per heavy atom. The van der Waals surface area contributed by atoms with Crippen LogP contribution in [0.2, 0.25) is 0 Å². The molecule has 0 fully saturated rings. The molecule has 1 amide bonds. The number of rotatable bonds is 5. The molecule has 0 saturated heterocycles. The number of carbonyl (C=O) groups is 1. The van der Waals surface area contributed by atoms with E-state index in [0.29, 0.717) is 28.1 Å². The lowest BCUT2D eigenvalue weighted by atomic mass is 10.1. The molecule has 0 radical (unpaired) electrons. The Morgan fingerprint density at radius 1 is 1.00 bits per heavy atom. The Kier molecular flexibility index (Phi) is 5.98. The maximum atomic E-state index is 13.3. The molecule has 0 aliphatic carbocycles. The average Bonchev–Trinajstić information content (AvgIpc) is 2.87. The van der Waals surface area contributed by atoms with Crippen molar-refractivity contribution < 1.29 is 14.3 Å². The Labute approximate surface area is 201 Å². The minimum Gasteiger partial charge on any atom is -0.493 e. The molecule has 3 aromatic rings. The van der Waals surface area contributed by atoms with Crippen LogP contribution in [0.4, 0.5) is 0 Å². The first-order chi connectivity index (χ1) is 16.6. The second-order valence-electron chi connectivity index (χ2n) is 7.93. The zero-order valence-corrected chi connectivity index (χ0v) is 19.9. The molecule has 2 aliphatic heterocycles. The number of nitrogens with one attached hydrogen (secondary N) is 1. The molecular weight excluding hydrogens is 448 g/mol. The molecule has 7 nitrogen and oxygen atoms in total. The van der Waals surface area contributed by atoms with Gasteiger partial charge in [0.25, 0.3) is 5.91 Å². The Hall–Kier alpha value is -3.78. The zero-order valence-electron chi connectivity index (χ0n) is 19.1. The molecule has 8 heteroatoms. The van der Waals surface area contributed by atoms with Gasteiger partial charge in [0, 0.05) is 16.5 Å². The van der Waals surface area contributed by atoms with Gasteiger partial charge in [0.05, 0.1) is 19.6 Å². The van der Waals surface area contributed by atoms with Crippen molar-refractivity contribution in [2.24, 2.45) is 10.1 Å². The minimum absolute atomic E-state index is 0.212. The fraction of sp³-hybridized carbons (Fsp3) is 0.192. The lowest BCUT2D eigenvalue weighted by molar-refractivity contribution is -0.116. The standard InChI is InChI=1S/C26H24N4O3S/c1-16-11-13-17(14-12-16)15-34-26-28-25(31)22-18-7-4-5-9-20(18)27-24(30(22)29-26)19-8-6-10-21(32-2)23(19)33-3/h4-14,24H,15H2,1-3H3,(H,28,29,31)/t24-/m0/s1. The highest BCUT2D eigenvalue weighted by Crippen LogP contribution is 2.40. The smallest absolute Gasteiger partial charge is 0.276 e. The quantitative estimate of drug-likeness (QED) is 0.618. The second kappa shape index (κ2) is 9.23. The monoisotopic (exact) mass is 472 g/mol. The summed E-state index contributed by atoms with van der Waals surface area (Å²) in [5, 5.41) is 11.5. The summed E-state index contributed by atoms with van der Waals surface area (Å²) in [7, 11) is 3.19. The first-order valence-corrected chi connectivity index (χ1v) is 11.8. The lowest BCUT2D eigenvalue weighted by Gasteiger charge is -2.34. The fourth-order valence-corrected chi connectivity index (χ4v) is 4.85. The SMILES string of the molecule is COc1cccc([C@H]2N=c3ccccc3=C3C(=O)NC(SCc4ccc(C)cc4)=NN32)c1OC. The normalized spacial score (nSPS) is 16.6. The van der Waals surface area contributed by atoms with Gasteiger partial charge in [0.2, 0.25) is 0 Å². The van der Waals surface area contributed by atoms with Crippen molar-refractivity contribution in [3.05, 3.63) is 94.0 Å². The number of nitrogens with zero attached hydrogens (tertiary/aromatic N) is 3. The van der Waals surface area contributed by atoms with E-state index in [0.717, 1.165) is 21.7 Å². The van der Waals surface area contributed by atoms with E-state index in [1.165, 1.54) is 17.3 Å². The number of amidine groups is 1. The van der Waals surface area contributed by atoms with E-state index in [1.807, 2.05) is 42.5 Å². The molecule has 3 aromatic carbocycles. The van der Waals surface area contributed by atoms with Crippen LogP contribution in [0.15, 0.2) is 76.8 Å². The predicted molar refractivity (Wildman–Crippen MR) is 133 cm³/mol. The Morgan fingerprint density at radius 3 is 2.56 bits per heavy atom. The molecular formula is C26H24N4O3S. The van der Waals surface area contributed by atoms with Crippen molar-refractivity contribution >= 4 is 28.5 Å². The van der Waals surface area contributed by atoms with Gasteiger partial charge in [-0.25, -0.2) is 5.01 Å². The average molecular weight is 473 g/mol. The summed E-state index contributed by atoms with van der Waals surface area (Å²) in [6.07, 6.45) is -0.587. The van der Waals surface area contributed by atoms with Crippen molar-refractivity contribution in [3.8, 4) is 11.5 Å². The van der Waals surface area contributed by atoms with Gasteiger partial charge in [-0.1, -0.05) is 71.9 Å². The number of ether oxygens (including phenoxy) is 2. The number of carbonyl (C=O) groups excluding carboxylic acids is 1. The third kappa shape index (κ3) is 4.01. The van der Waals surface area contributed by atoms with Gasteiger partial charge in [-0.3, -0.25) is 15.1 Å². The van der Waals surface area contributed by atoms with Gasteiger partial charge in [-0.05, 0) is 24.6 Å². The van der Waals surface area contributed by atoms with E-state index in [-0.39, 0.29) is 5.91 Å². The maximum Gasteiger partial charge on any atom is 0.276 e. The zero-order chi connectivity index (χ0) is 23.7. The van der Waals surface area contributed by atoms with Crippen LogP contribution < -0.4 is 25.4 Å². The van der Waals surface area contributed by atoms with Crippen LogP contribution in [0.3, 0.4) is 0 Å². The van der Waals surface area contributed by atoms with Crippen molar-refractivity contribution in [2.45, 2.75) is 18.8 Å². The topological polar surface area (TPSA) is 75.5 Å². The number of thioether (sulfide) groups is 1. The number of amides is 1. The van der Waals surface area contributed by atoms with Crippen LogP contribution in [-0.4, -0.2) is 30.3 Å². The molecule has 2 heterocycles. The Bertz CT molecular complexity index is 1400. The summed E-state index contributed by atoms with van der Waals surface area (Å²) in [6, 6.07) is 21.5. The molecule has 1 N–H and O–H groups in total. The van der Waals surface area contributed by atoms with Crippen LogP contribution >= 0.6 is 11.8 Å². The Balaban J connectivity index is 1.59. The maximum absolute atomic E-state index is 13.3. The molecule has 34 heavy (non-hydrogen) atoms. The number of aryl methyl sites for hydroxylation is 1. The third-order valence-corrected chi connectivity index (χ3v) is 6.66.